The zero-order valence-electron chi connectivity index (χ0n) is 16.6. The maximum Gasteiger partial charge on any atom is 0.317 e. The van der Waals surface area contributed by atoms with Crippen LogP contribution in [0.5, 0.6) is 5.75 Å². The molecule has 0 radical (unpaired) electrons. The molecule has 0 spiro atoms. The third-order valence-electron chi connectivity index (χ3n) is 5.14. The Hall–Kier alpha value is -2.67. The van der Waals surface area contributed by atoms with Gasteiger partial charge in [0.05, 0.1) is 12.2 Å². The summed E-state index contributed by atoms with van der Waals surface area (Å²) in [5.41, 5.74) is 3.33. The number of aryl methyl sites for hydroxylation is 1. The highest BCUT2D eigenvalue weighted by Crippen LogP contribution is 2.33. The van der Waals surface area contributed by atoms with E-state index in [1.807, 2.05) is 30.0 Å². The number of aliphatic carboxylic acids is 1. The molecule has 0 saturated carbocycles. The molecule has 0 bridgehead atoms. The molecule has 1 saturated heterocycles. The lowest BCUT2D eigenvalue weighted by atomic mass is 9.98. The van der Waals surface area contributed by atoms with Crippen LogP contribution < -0.4 is 5.32 Å². The van der Waals surface area contributed by atoms with E-state index in [2.05, 4.69) is 29.4 Å². The van der Waals surface area contributed by atoms with Crippen LogP contribution in [0.25, 0.3) is 11.3 Å². The number of hydrogen-bond acceptors (Lipinski definition) is 6. The van der Waals surface area contributed by atoms with Gasteiger partial charge in [-0.3, -0.25) is 9.69 Å². The third kappa shape index (κ3) is 4.78. The standard InChI is InChI=1S/C21H28N4O3/c1-13(2)15-6-7-17(18(26)10-15)21-14(3)9-19(23-24-21)22-16-5-4-8-25(11-16)12-20(27)28/h6-7,9-10,13,16,26H,4-5,8,11-12H2,1-3H3,(H,22,23)(H,27,28)/t16-/m1/s1. The fourth-order valence-corrected chi connectivity index (χ4v) is 3.65. The molecule has 28 heavy (non-hydrogen) atoms. The number of hydrogen-bond donors (Lipinski definition) is 3. The monoisotopic (exact) mass is 384 g/mol. The summed E-state index contributed by atoms with van der Waals surface area (Å²) in [5.74, 6) is 0.418. The number of nitrogens with zero attached hydrogens (tertiary/aromatic N) is 3. The third-order valence-corrected chi connectivity index (χ3v) is 5.14. The first kappa shape index (κ1) is 20.1. The van der Waals surface area contributed by atoms with Crippen LogP contribution in [0, 0.1) is 6.92 Å². The van der Waals surface area contributed by atoms with Crippen molar-refractivity contribution in [1.29, 1.82) is 0 Å². The summed E-state index contributed by atoms with van der Waals surface area (Å²) in [7, 11) is 0. The Morgan fingerprint density at radius 2 is 2.11 bits per heavy atom. The number of likely N-dealkylation sites (tertiary alicyclic amines) is 1. The maximum absolute atomic E-state index is 10.9. The first-order valence-electron chi connectivity index (χ1n) is 9.71. The summed E-state index contributed by atoms with van der Waals surface area (Å²) in [5, 5.41) is 31.4. The fourth-order valence-electron chi connectivity index (χ4n) is 3.65. The molecule has 1 aliphatic rings. The minimum Gasteiger partial charge on any atom is -0.507 e. The Morgan fingerprint density at radius 3 is 2.75 bits per heavy atom. The molecule has 2 heterocycles. The minimum atomic E-state index is -0.802. The molecular weight excluding hydrogens is 356 g/mol. The van der Waals surface area contributed by atoms with E-state index in [-0.39, 0.29) is 18.3 Å². The predicted molar refractivity (Wildman–Crippen MR) is 109 cm³/mol. The van der Waals surface area contributed by atoms with Crippen molar-refractivity contribution in [2.24, 2.45) is 0 Å². The molecule has 150 valence electrons. The summed E-state index contributed by atoms with van der Waals surface area (Å²) < 4.78 is 0. The van der Waals surface area contributed by atoms with Gasteiger partial charge in [0.15, 0.2) is 0 Å². The molecular formula is C21H28N4O3. The predicted octanol–water partition coefficient (Wildman–Crippen LogP) is 3.24. The van der Waals surface area contributed by atoms with E-state index in [0.717, 1.165) is 30.5 Å². The normalized spacial score (nSPS) is 17.6. The molecule has 7 heteroatoms. The number of phenolic OH excluding ortho intramolecular Hbond substituents is 1. The average molecular weight is 384 g/mol. The largest absolute Gasteiger partial charge is 0.507 e. The average Bonchev–Trinajstić information content (AvgIpc) is 2.62. The first-order valence-corrected chi connectivity index (χ1v) is 9.71. The van der Waals surface area contributed by atoms with Gasteiger partial charge < -0.3 is 15.5 Å². The van der Waals surface area contributed by atoms with Crippen molar-refractivity contribution in [2.45, 2.75) is 45.6 Å². The van der Waals surface area contributed by atoms with Crippen LogP contribution >= 0.6 is 0 Å². The van der Waals surface area contributed by atoms with E-state index in [9.17, 15) is 9.90 Å². The highest BCUT2D eigenvalue weighted by Gasteiger charge is 2.22. The van der Waals surface area contributed by atoms with Crippen molar-refractivity contribution in [2.75, 3.05) is 25.0 Å². The number of carbonyl (C=O) groups is 1. The van der Waals surface area contributed by atoms with Crippen LogP contribution in [0.2, 0.25) is 0 Å². The van der Waals surface area contributed by atoms with E-state index in [4.69, 9.17) is 5.11 Å². The van der Waals surface area contributed by atoms with Crippen molar-refractivity contribution in [3.8, 4) is 17.0 Å². The molecule has 0 aliphatic carbocycles. The second-order valence-electron chi connectivity index (χ2n) is 7.80. The van der Waals surface area contributed by atoms with Crippen LogP contribution in [0.3, 0.4) is 0 Å². The van der Waals surface area contributed by atoms with Crippen molar-refractivity contribution in [3.63, 3.8) is 0 Å². The second-order valence-corrected chi connectivity index (χ2v) is 7.80. The van der Waals surface area contributed by atoms with Gasteiger partial charge in [-0.15, -0.1) is 10.2 Å². The van der Waals surface area contributed by atoms with E-state index in [0.29, 0.717) is 29.5 Å². The van der Waals surface area contributed by atoms with Crippen molar-refractivity contribution in [3.05, 3.63) is 35.4 Å². The molecule has 1 aromatic carbocycles. The summed E-state index contributed by atoms with van der Waals surface area (Å²) in [6.07, 6.45) is 1.92. The lowest BCUT2D eigenvalue weighted by Gasteiger charge is -2.32. The van der Waals surface area contributed by atoms with Crippen LogP contribution in [-0.2, 0) is 4.79 Å². The van der Waals surface area contributed by atoms with Gasteiger partial charge in [-0.05, 0) is 61.6 Å². The van der Waals surface area contributed by atoms with Gasteiger partial charge in [-0.1, -0.05) is 19.9 Å². The number of aromatic hydroxyl groups is 1. The quantitative estimate of drug-likeness (QED) is 0.703. The summed E-state index contributed by atoms with van der Waals surface area (Å²) in [4.78, 5) is 12.9. The Labute approximate surface area is 165 Å². The number of phenols is 1. The van der Waals surface area contributed by atoms with Gasteiger partial charge in [0, 0.05) is 18.2 Å². The Balaban J connectivity index is 1.73. The van der Waals surface area contributed by atoms with Gasteiger partial charge in [0.2, 0.25) is 0 Å². The van der Waals surface area contributed by atoms with Gasteiger partial charge >= 0.3 is 5.97 Å². The number of piperidine rings is 1. The van der Waals surface area contributed by atoms with Crippen LogP contribution in [-0.4, -0.2) is 57.0 Å². The van der Waals surface area contributed by atoms with E-state index < -0.39 is 5.97 Å². The molecule has 1 aliphatic heterocycles. The minimum absolute atomic E-state index is 0.0630. The Morgan fingerprint density at radius 1 is 1.32 bits per heavy atom. The summed E-state index contributed by atoms with van der Waals surface area (Å²) in [6, 6.07) is 7.75. The number of carboxylic acid groups (broad SMARTS) is 1. The lowest BCUT2D eigenvalue weighted by Crippen LogP contribution is -2.44. The zero-order chi connectivity index (χ0) is 20.3. The highest BCUT2D eigenvalue weighted by molar-refractivity contribution is 5.70. The summed E-state index contributed by atoms with van der Waals surface area (Å²) in [6.45, 7) is 7.66. The molecule has 1 atom stereocenters. The molecule has 3 rings (SSSR count). The van der Waals surface area contributed by atoms with Gasteiger partial charge in [0.1, 0.15) is 11.6 Å². The van der Waals surface area contributed by atoms with Gasteiger partial charge in [-0.2, -0.15) is 0 Å². The van der Waals surface area contributed by atoms with Gasteiger partial charge in [0.25, 0.3) is 0 Å². The van der Waals surface area contributed by atoms with Crippen molar-refractivity contribution in [1.82, 2.24) is 15.1 Å². The lowest BCUT2D eigenvalue weighted by molar-refractivity contribution is -0.138. The molecule has 0 amide bonds. The second kappa shape index (κ2) is 8.56. The summed E-state index contributed by atoms with van der Waals surface area (Å²) >= 11 is 0. The number of benzene rings is 1. The molecule has 0 unspecified atom stereocenters. The van der Waals surface area contributed by atoms with Crippen LogP contribution in [0.4, 0.5) is 5.82 Å². The molecule has 3 N–H and O–H groups in total. The SMILES string of the molecule is Cc1cc(N[C@@H]2CCCN(CC(=O)O)C2)nnc1-c1ccc(C(C)C)cc1O. The highest BCUT2D eigenvalue weighted by atomic mass is 16.4. The smallest absolute Gasteiger partial charge is 0.317 e. The number of rotatable bonds is 6. The Kier molecular flexibility index (Phi) is 6.14. The number of aromatic nitrogens is 2. The van der Waals surface area contributed by atoms with Gasteiger partial charge in [-0.25, -0.2) is 0 Å². The van der Waals surface area contributed by atoms with E-state index in [1.54, 1.807) is 6.07 Å². The molecule has 2 aromatic rings. The van der Waals surface area contributed by atoms with Crippen molar-refractivity contribution >= 4 is 11.8 Å². The Bertz CT molecular complexity index is 854. The number of carboxylic acids is 1. The van der Waals surface area contributed by atoms with Crippen LogP contribution in [0.1, 0.15) is 43.7 Å². The van der Waals surface area contributed by atoms with E-state index >= 15 is 0 Å². The number of nitrogens with one attached hydrogen (secondary N) is 1. The van der Waals surface area contributed by atoms with E-state index in [1.165, 1.54) is 0 Å². The molecule has 1 aromatic heterocycles. The molecule has 1 fully saturated rings. The zero-order valence-corrected chi connectivity index (χ0v) is 16.6. The fraction of sp³-hybridized carbons (Fsp3) is 0.476. The topological polar surface area (TPSA) is 98.6 Å². The maximum atomic E-state index is 10.9. The van der Waals surface area contributed by atoms with Crippen molar-refractivity contribution < 1.29 is 15.0 Å². The molecule has 7 nitrogen and oxygen atoms in total. The first-order chi connectivity index (χ1) is 13.3. The number of anilines is 1. The van der Waals surface area contributed by atoms with Crippen LogP contribution in [0.15, 0.2) is 24.3 Å².